The second kappa shape index (κ2) is 4.46. The number of thiazole rings is 1. The summed E-state index contributed by atoms with van der Waals surface area (Å²) in [6.45, 7) is 6.70. The first-order chi connectivity index (χ1) is 7.49. The molecule has 1 saturated carbocycles. The topological polar surface area (TPSA) is 38.9 Å². The molecule has 16 heavy (non-hydrogen) atoms. The van der Waals surface area contributed by atoms with Crippen LogP contribution in [-0.4, -0.2) is 10.5 Å². The van der Waals surface area contributed by atoms with Crippen molar-refractivity contribution in [3.05, 3.63) is 16.1 Å². The Morgan fingerprint density at radius 2 is 2.31 bits per heavy atom. The molecule has 2 N–H and O–H groups in total. The Labute approximate surface area is 102 Å². The predicted molar refractivity (Wildman–Crippen MR) is 69.7 cm³/mol. The highest BCUT2D eigenvalue weighted by Crippen LogP contribution is 2.37. The Morgan fingerprint density at radius 1 is 1.56 bits per heavy atom. The van der Waals surface area contributed by atoms with E-state index in [0.29, 0.717) is 5.92 Å². The summed E-state index contributed by atoms with van der Waals surface area (Å²) in [4.78, 5) is 4.54. The van der Waals surface area contributed by atoms with Gasteiger partial charge in [-0.1, -0.05) is 13.8 Å². The molecule has 3 atom stereocenters. The van der Waals surface area contributed by atoms with Gasteiger partial charge in [-0.2, -0.15) is 0 Å². The highest BCUT2D eigenvalue weighted by Gasteiger charge is 2.37. The molecular formula is C13H22N2S. The standard InChI is InChI=1S/C13H22N2S/c1-9-4-5-13(14,10(2)6-9)7-12-8-16-11(3)15-12/h8-10H,4-7,14H2,1-3H3. The number of aryl methyl sites for hydroxylation is 1. The summed E-state index contributed by atoms with van der Waals surface area (Å²) in [7, 11) is 0. The molecule has 0 spiro atoms. The third kappa shape index (κ3) is 2.46. The lowest BCUT2D eigenvalue weighted by Gasteiger charge is -2.41. The maximum Gasteiger partial charge on any atom is 0.0897 e. The second-order valence-electron chi connectivity index (χ2n) is 5.55. The van der Waals surface area contributed by atoms with Gasteiger partial charge in [-0.25, -0.2) is 4.98 Å². The monoisotopic (exact) mass is 238 g/mol. The van der Waals surface area contributed by atoms with E-state index in [1.54, 1.807) is 11.3 Å². The highest BCUT2D eigenvalue weighted by atomic mass is 32.1. The lowest BCUT2D eigenvalue weighted by molar-refractivity contribution is 0.162. The van der Waals surface area contributed by atoms with E-state index in [4.69, 9.17) is 5.73 Å². The van der Waals surface area contributed by atoms with E-state index in [2.05, 4.69) is 31.1 Å². The van der Waals surface area contributed by atoms with E-state index in [1.165, 1.54) is 18.5 Å². The SMILES string of the molecule is Cc1nc(CC2(N)CCC(C)CC2C)cs1. The maximum absolute atomic E-state index is 6.57. The van der Waals surface area contributed by atoms with E-state index in [1.807, 2.05) is 0 Å². The molecule has 0 saturated heterocycles. The van der Waals surface area contributed by atoms with Gasteiger partial charge < -0.3 is 5.73 Å². The van der Waals surface area contributed by atoms with Crippen molar-refractivity contribution in [3.63, 3.8) is 0 Å². The van der Waals surface area contributed by atoms with Crippen molar-refractivity contribution in [1.29, 1.82) is 0 Å². The average molecular weight is 238 g/mol. The minimum Gasteiger partial charge on any atom is -0.325 e. The predicted octanol–water partition coefficient (Wildman–Crippen LogP) is 3.15. The van der Waals surface area contributed by atoms with Crippen molar-refractivity contribution in [2.24, 2.45) is 17.6 Å². The Bertz CT molecular complexity index is 361. The molecule has 0 aliphatic heterocycles. The summed E-state index contributed by atoms with van der Waals surface area (Å²) in [6.07, 6.45) is 4.63. The van der Waals surface area contributed by atoms with Crippen LogP contribution in [0.3, 0.4) is 0 Å². The molecule has 1 aliphatic rings. The zero-order chi connectivity index (χ0) is 11.8. The summed E-state index contributed by atoms with van der Waals surface area (Å²) in [5.41, 5.74) is 7.74. The molecule has 0 aromatic carbocycles. The minimum atomic E-state index is -0.0208. The molecule has 3 unspecified atom stereocenters. The van der Waals surface area contributed by atoms with Gasteiger partial charge in [0.05, 0.1) is 10.7 Å². The summed E-state index contributed by atoms with van der Waals surface area (Å²) < 4.78 is 0. The van der Waals surface area contributed by atoms with Crippen molar-refractivity contribution >= 4 is 11.3 Å². The molecule has 90 valence electrons. The number of nitrogens with zero attached hydrogens (tertiary/aromatic N) is 1. The van der Waals surface area contributed by atoms with Crippen LogP contribution in [0.2, 0.25) is 0 Å². The third-order valence-electron chi connectivity index (χ3n) is 4.02. The number of aromatic nitrogens is 1. The molecule has 1 aromatic heterocycles. The van der Waals surface area contributed by atoms with Gasteiger partial charge in [0.25, 0.3) is 0 Å². The average Bonchev–Trinajstić information content (AvgIpc) is 2.59. The molecular weight excluding hydrogens is 216 g/mol. The van der Waals surface area contributed by atoms with Gasteiger partial charge in [0.1, 0.15) is 0 Å². The zero-order valence-corrected chi connectivity index (χ0v) is 11.3. The maximum atomic E-state index is 6.57. The Balaban J connectivity index is 2.07. The zero-order valence-electron chi connectivity index (χ0n) is 10.5. The summed E-state index contributed by atoms with van der Waals surface area (Å²) in [6, 6.07) is 0. The van der Waals surface area contributed by atoms with Crippen molar-refractivity contribution in [3.8, 4) is 0 Å². The molecule has 1 aromatic rings. The first-order valence-corrected chi connectivity index (χ1v) is 7.07. The molecule has 0 radical (unpaired) electrons. The fourth-order valence-electron chi connectivity index (χ4n) is 2.81. The fraction of sp³-hybridized carbons (Fsp3) is 0.769. The smallest absolute Gasteiger partial charge is 0.0897 e. The normalized spacial score (nSPS) is 35.2. The quantitative estimate of drug-likeness (QED) is 0.859. The van der Waals surface area contributed by atoms with Gasteiger partial charge in [0.15, 0.2) is 0 Å². The van der Waals surface area contributed by atoms with E-state index >= 15 is 0 Å². The molecule has 1 aliphatic carbocycles. The van der Waals surface area contributed by atoms with Crippen LogP contribution in [0.1, 0.15) is 43.8 Å². The summed E-state index contributed by atoms with van der Waals surface area (Å²) in [5, 5.41) is 3.31. The summed E-state index contributed by atoms with van der Waals surface area (Å²) >= 11 is 1.73. The van der Waals surface area contributed by atoms with Gasteiger partial charge in [0, 0.05) is 17.3 Å². The second-order valence-corrected chi connectivity index (χ2v) is 6.61. The molecule has 2 rings (SSSR count). The fourth-order valence-corrected chi connectivity index (χ4v) is 3.42. The Kier molecular flexibility index (Phi) is 3.36. The number of hydrogen-bond acceptors (Lipinski definition) is 3. The van der Waals surface area contributed by atoms with Crippen molar-refractivity contribution in [2.75, 3.05) is 0 Å². The summed E-state index contributed by atoms with van der Waals surface area (Å²) in [5.74, 6) is 1.45. The van der Waals surface area contributed by atoms with Crippen LogP contribution in [0.4, 0.5) is 0 Å². The van der Waals surface area contributed by atoms with Gasteiger partial charge in [-0.15, -0.1) is 11.3 Å². The van der Waals surface area contributed by atoms with Crippen LogP contribution in [-0.2, 0) is 6.42 Å². The lowest BCUT2D eigenvalue weighted by atomic mass is 9.68. The Hall–Kier alpha value is -0.410. The van der Waals surface area contributed by atoms with Crippen molar-refractivity contribution in [1.82, 2.24) is 4.98 Å². The first kappa shape index (κ1) is 12.1. The van der Waals surface area contributed by atoms with Crippen LogP contribution < -0.4 is 5.73 Å². The molecule has 0 bridgehead atoms. The van der Waals surface area contributed by atoms with Crippen molar-refractivity contribution in [2.45, 2.75) is 52.0 Å². The van der Waals surface area contributed by atoms with Gasteiger partial charge >= 0.3 is 0 Å². The molecule has 1 fully saturated rings. The van der Waals surface area contributed by atoms with E-state index in [0.717, 1.165) is 23.8 Å². The van der Waals surface area contributed by atoms with Crippen LogP contribution in [0.15, 0.2) is 5.38 Å². The van der Waals surface area contributed by atoms with E-state index in [9.17, 15) is 0 Å². The van der Waals surface area contributed by atoms with Gasteiger partial charge in [0.2, 0.25) is 0 Å². The van der Waals surface area contributed by atoms with Gasteiger partial charge in [-0.3, -0.25) is 0 Å². The van der Waals surface area contributed by atoms with Crippen LogP contribution >= 0.6 is 11.3 Å². The van der Waals surface area contributed by atoms with E-state index in [-0.39, 0.29) is 5.54 Å². The largest absolute Gasteiger partial charge is 0.325 e. The molecule has 2 nitrogen and oxygen atoms in total. The van der Waals surface area contributed by atoms with Crippen molar-refractivity contribution < 1.29 is 0 Å². The minimum absolute atomic E-state index is 0.0208. The Morgan fingerprint density at radius 3 is 2.88 bits per heavy atom. The van der Waals surface area contributed by atoms with Crippen LogP contribution in [0, 0.1) is 18.8 Å². The highest BCUT2D eigenvalue weighted by molar-refractivity contribution is 7.09. The number of hydrogen-bond donors (Lipinski definition) is 1. The van der Waals surface area contributed by atoms with Crippen LogP contribution in [0.25, 0.3) is 0 Å². The molecule has 0 amide bonds. The number of nitrogens with two attached hydrogens (primary N) is 1. The molecule has 1 heterocycles. The molecule has 3 heteroatoms. The van der Waals surface area contributed by atoms with Gasteiger partial charge in [-0.05, 0) is 38.0 Å². The lowest BCUT2D eigenvalue weighted by Crippen LogP contribution is -2.51. The van der Waals surface area contributed by atoms with E-state index < -0.39 is 0 Å². The third-order valence-corrected chi connectivity index (χ3v) is 4.84. The first-order valence-electron chi connectivity index (χ1n) is 6.19. The van der Waals surface area contributed by atoms with Crippen LogP contribution in [0.5, 0.6) is 0 Å². The number of rotatable bonds is 2.